The Bertz CT molecular complexity index is 643. The average molecular weight is 262 g/mol. The summed E-state index contributed by atoms with van der Waals surface area (Å²) in [6.45, 7) is 2.28. The van der Waals surface area contributed by atoms with E-state index in [0.29, 0.717) is 6.54 Å². The van der Waals surface area contributed by atoms with Crippen LogP contribution in [-0.4, -0.2) is 40.0 Å². The first kappa shape index (κ1) is 13.4. The Kier molecular flexibility index (Phi) is 3.71. The molecule has 6 heteroatoms. The van der Waals surface area contributed by atoms with Crippen molar-refractivity contribution in [2.24, 2.45) is 5.73 Å². The first-order valence-corrected chi connectivity index (χ1v) is 6.18. The summed E-state index contributed by atoms with van der Waals surface area (Å²) in [6, 6.07) is 7.25. The number of H-pyrrole nitrogens is 1. The molecule has 0 aliphatic carbocycles. The molecule has 0 aliphatic rings. The number of amides is 1. The fourth-order valence-electron chi connectivity index (χ4n) is 1.91. The predicted molar refractivity (Wildman–Crippen MR) is 73.8 cm³/mol. The Labute approximate surface area is 110 Å². The summed E-state index contributed by atoms with van der Waals surface area (Å²) in [5.74, 6) is -0.134. The number of nitrogens with one attached hydrogen (secondary N) is 1. The number of fused-ring (bicyclic) bond motifs is 1. The van der Waals surface area contributed by atoms with E-state index in [1.165, 1.54) is 4.57 Å². The van der Waals surface area contributed by atoms with E-state index in [1.807, 2.05) is 31.2 Å². The van der Waals surface area contributed by atoms with Crippen LogP contribution in [0.25, 0.3) is 11.0 Å². The van der Waals surface area contributed by atoms with E-state index in [0.717, 1.165) is 11.0 Å². The lowest BCUT2D eigenvalue weighted by molar-refractivity contribution is -0.132. The number of para-hydroxylation sites is 2. The Balaban J connectivity index is 2.29. The van der Waals surface area contributed by atoms with Gasteiger partial charge in [0, 0.05) is 19.6 Å². The number of hydrogen-bond donors (Lipinski definition) is 2. The highest BCUT2D eigenvalue weighted by Crippen LogP contribution is 2.09. The van der Waals surface area contributed by atoms with Crippen molar-refractivity contribution in [2.75, 3.05) is 13.6 Å². The normalized spacial score (nSPS) is 12.6. The van der Waals surface area contributed by atoms with Gasteiger partial charge in [0.25, 0.3) is 0 Å². The molecule has 2 rings (SSSR count). The summed E-state index contributed by atoms with van der Waals surface area (Å²) in [4.78, 5) is 28.2. The molecule has 1 aromatic carbocycles. The second-order valence-electron chi connectivity index (χ2n) is 4.62. The van der Waals surface area contributed by atoms with Crippen molar-refractivity contribution in [2.45, 2.75) is 19.5 Å². The number of benzene rings is 1. The van der Waals surface area contributed by atoms with Crippen LogP contribution in [0, 0.1) is 0 Å². The third-order valence-electron chi connectivity index (χ3n) is 3.37. The first-order chi connectivity index (χ1) is 9.04. The van der Waals surface area contributed by atoms with Crippen LogP contribution in [-0.2, 0) is 11.3 Å². The van der Waals surface area contributed by atoms with Crippen molar-refractivity contribution in [3.8, 4) is 0 Å². The van der Waals surface area contributed by atoms with E-state index < -0.39 is 0 Å². The zero-order chi connectivity index (χ0) is 14.0. The molecule has 6 nitrogen and oxygen atoms in total. The number of hydrogen-bond acceptors (Lipinski definition) is 3. The van der Waals surface area contributed by atoms with Crippen molar-refractivity contribution in [3.63, 3.8) is 0 Å². The lowest BCUT2D eigenvalue weighted by Gasteiger charge is -2.23. The van der Waals surface area contributed by atoms with Gasteiger partial charge in [-0.3, -0.25) is 9.36 Å². The maximum atomic E-state index is 12.1. The van der Waals surface area contributed by atoms with Gasteiger partial charge in [0.15, 0.2) is 0 Å². The minimum Gasteiger partial charge on any atom is -0.340 e. The number of carbonyl (C=O) groups excluding carboxylic acids is 1. The molecule has 102 valence electrons. The van der Waals surface area contributed by atoms with Crippen molar-refractivity contribution in [1.29, 1.82) is 0 Å². The zero-order valence-electron chi connectivity index (χ0n) is 11.1. The smallest absolute Gasteiger partial charge is 0.326 e. The molecule has 3 N–H and O–H groups in total. The molecule has 0 radical (unpaired) electrons. The number of imidazole rings is 1. The largest absolute Gasteiger partial charge is 0.340 e. The van der Waals surface area contributed by atoms with Crippen molar-refractivity contribution in [1.82, 2.24) is 14.5 Å². The molecule has 0 bridgehead atoms. The molecule has 1 unspecified atom stereocenters. The van der Waals surface area contributed by atoms with E-state index in [9.17, 15) is 9.59 Å². The molecule has 0 fully saturated rings. The Morgan fingerprint density at radius 3 is 2.84 bits per heavy atom. The van der Waals surface area contributed by atoms with E-state index >= 15 is 0 Å². The number of carbonyl (C=O) groups is 1. The van der Waals surface area contributed by atoms with Gasteiger partial charge in [-0.1, -0.05) is 12.1 Å². The quantitative estimate of drug-likeness (QED) is 0.821. The molecule has 0 spiro atoms. The molecule has 0 aliphatic heterocycles. The second kappa shape index (κ2) is 5.27. The van der Waals surface area contributed by atoms with Crippen molar-refractivity contribution < 1.29 is 4.79 Å². The van der Waals surface area contributed by atoms with Gasteiger partial charge in [-0.2, -0.15) is 0 Å². The summed E-state index contributed by atoms with van der Waals surface area (Å²) in [5, 5.41) is 0. The van der Waals surface area contributed by atoms with Crippen molar-refractivity contribution >= 4 is 16.9 Å². The number of aromatic nitrogens is 2. The fraction of sp³-hybridized carbons (Fsp3) is 0.385. The maximum absolute atomic E-state index is 12.1. The van der Waals surface area contributed by atoms with Gasteiger partial charge >= 0.3 is 5.69 Å². The SMILES string of the molecule is CC(CN)N(C)C(=O)Cn1c(=O)[nH]c2ccccc21. The molecule has 1 amide bonds. The van der Waals surface area contributed by atoms with Crippen LogP contribution in [0.4, 0.5) is 0 Å². The van der Waals surface area contributed by atoms with E-state index in [2.05, 4.69) is 4.98 Å². The Morgan fingerprint density at radius 2 is 2.16 bits per heavy atom. The van der Waals surface area contributed by atoms with Gasteiger partial charge in [-0.05, 0) is 19.1 Å². The molecule has 1 aromatic heterocycles. The van der Waals surface area contributed by atoms with Gasteiger partial charge < -0.3 is 15.6 Å². The average Bonchev–Trinajstić information content (AvgIpc) is 2.73. The standard InChI is InChI=1S/C13H18N4O2/c1-9(7-14)16(2)12(18)8-17-11-6-4-3-5-10(11)15-13(17)19/h3-6,9H,7-8,14H2,1-2H3,(H,15,19). The Morgan fingerprint density at radius 1 is 1.47 bits per heavy atom. The number of nitrogens with zero attached hydrogens (tertiary/aromatic N) is 2. The molecule has 1 heterocycles. The second-order valence-corrected chi connectivity index (χ2v) is 4.62. The van der Waals surface area contributed by atoms with Crippen LogP contribution in [0.15, 0.2) is 29.1 Å². The van der Waals surface area contributed by atoms with Crippen LogP contribution in [0.2, 0.25) is 0 Å². The number of likely N-dealkylation sites (N-methyl/N-ethyl adjacent to an activating group) is 1. The maximum Gasteiger partial charge on any atom is 0.326 e. The monoisotopic (exact) mass is 262 g/mol. The molecular formula is C13H18N4O2. The van der Waals surface area contributed by atoms with Crippen LogP contribution in [0.5, 0.6) is 0 Å². The van der Waals surface area contributed by atoms with Gasteiger partial charge in [-0.25, -0.2) is 4.79 Å². The van der Waals surface area contributed by atoms with Gasteiger partial charge in [0.2, 0.25) is 5.91 Å². The molecule has 0 saturated heterocycles. The van der Waals surface area contributed by atoms with Crippen LogP contribution < -0.4 is 11.4 Å². The molecule has 2 aromatic rings. The summed E-state index contributed by atoms with van der Waals surface area (Å²) in [6.07, 6.45) is 0. The van der Waals surface area contributed by atoms with Gasteiger partial charge in [0.1, 0.15) is 6.54 Å². The number of nitrogens with two attached hydrogens (primary N) is 1. The van der Waals surface area contributed by atoms with E-state index in [4.69, 9.17) is 5.73 Å². The first-order valence-electron chi connectivity index (χ1n) is 6.18. The van der Waals surface area contributed by atoms with Gasteiger partial charge in [0.05, 0.1) is 11.0 Å². The highest BCUT2D eigenvalue weighted by atomic mass is 16.2. The van der Waals surface area contributed by atoms with Crippen LogP contribution >= 0.6 is 0 Å². The van der Waals surface area contributed by atoms with Gasteiger partial charge in [-0.15, -0.1) is 0 Å². The predicted octanol–water partition coefficient (Wildman–Crippen LogP) is 0.135. The molecule has 0 saturated carbocycles. The van der Waals surface area contributed by atoms with E-state index in [1.54, 1.807) is 11.9 Å². The molecular weight excluding hydrogens is 244 g/mol. The lowest BCUT2D eigenvalue weighted by Crippen LogP contribution is -2.42. The fourth-order valence-corrected chi connectivity index (χ4v) is 1.91. The third kappa shape index (κ3) is 2.53. The third-order valence-corrected chi connectivity index (χ3v) is 3.37. The summed E-state index contributed by atoms with van der Waals surface area (Å²) in [7, 11) is 1.69. The van der Waals surface area contributed by atoms with Crippen LogP contribution in [0.1, 0.15) is 6.92 Å². The highest BCUT2D eigenvalue weighted by Gasteiger charge is 2.17. The summed E-state index contributed by atoms with van der Waals surface area (Å²) < 4.78 is 1.44. The minimum atomic E-state index is -0.275. The van der Waals surface area contributed by atoms with E-state index in [-0.39, 0.29) is 24.2 Å². The van der Waals surface area contributed by atoms with Crippen molar-refractivity contribution in [3.05, 3.63) is 34.7 Å². The zero-order valence-corrected chi connectivity index (χ0v) is 11.1. The molecule has 19 heavy (non-hydrogen) atoms. The number of aromatic amines is 1. The minimum absolute atomic E-state index is 0.0175. The van der Waals surface area contributed by atoms with Crippen LogP contribution in [0.3, 0.4) is 0 Å². The number of rotatable bonds is 4. The topological polar surface area (TPSA) is 84.1 Å². The lowest BCUT2D eigenvalue weighted by atomic mass is 10.3. The summed E-state index contributed by atoms with van der Waals surface area (Å²) >= 11 is 0. The molecule has 1 atom stereocenters. The highest BCUT2D eigenvalue weighted by molar-refractivity contribution is 5.80. The Hall–Kier alpha value is -2.08. The summed E-state index contributed by atoms with van der Waals surface area (Å²) in [5.41, 5.74) is 6.72.